The van der Waals surface area contributed by atoms with Crippen LogP contribution in [0.5, 0.6) is 0 Å². The molecule has 1 heterocycles. The van der Waals surface area contributed by atoms with Crippen LogP contribution in [0, 0.1) is 6.92 Å². The number of nitrogens with zero attached hydrogens (tertiary/aromatic N) is 1. The monoisotopic (exact) mass is 417 g/mol. The number of carbonyl (C=O) groups is 2. The number of carboxylic acids is 1. The second-order valence-corrected chi connectivity index (χ2v) is 8.63. The van der Waals surface area contributed by atoms with Crippen molar-refractivity contribution in [3.8, 4) is 0 Å². The molecule has 0 radical (unpaired) electrons. The Hall–Kier alpha value is -2.04. The van der Waals surface area contributed by atoms with E-state index < -0.39 is 17.4 Å². The highest BCUT2D eigenvalue weighted by molar-refractivity contribution is 6.42. The number of hydrogen-bond donors (Lipinski definition) is 1. The van der Waals surface area contributed by atoms with Crippen molar-refractivity contribution < 1.29 is 14.7 Å². The number of rotatable bonds is 3. The van der Waals surface area contributed by atoms with E-state index in [4.69, 9.17) is 23.2 Å². The molecule has 1 amide bonds. The van der Waals surface area contributed by atoms with Crippen LogP contribution in [0.3, 0.4) is 0 Å². The van der Waals surface area contributed by atoms with E-state index in [9.17, 15) is 14.7 Å². The lowest BCUT2D eigenvalue weighted by molar-refractivity contribution is -0.143. The van der Waals surface area contributed by atoms with E-state index in [0.717, 1.165) is 24.0 Å². The van der Waals surface area contributed by atoms with Gasteiger partial charge in [-0.05, 0) is 49.1 Å². The van der Waals surface area contributed by atoms with Gasteiger partial charge < -0.3 is 10.0 Å². The van der Waals surface area contributed by atoms with Crippen LogP contribution in [0.25, 0.3) is 0 Å². The van der Waals surface area contributed by atoms with Crippen molar-refractivity contribution in [1.82, 2.24) is 4.90 Å². The minimum Gasteiger partial charge on any atom is -0.481 e. The first-order valence-corrected chi connectivity index (χ1v) is 10.2. The summed E-state index contributed by atoms with van der Waals surface area (Å²) < 4.78 is 0. The van der Waals surface area contributed by atoms with Crippen LogP contribution in [0.1, 0.15) is 58.6 Å². The summed E-state index contributed by atoms with van der Waals surface area (Å²) >= 11 is 12.2. The Bertz CT molecular complexity index is 966. The molecule has 1 aliphatic heterocycles. The molecule has 4 nitrogen and oxygen atoms in total. The van der Waals surface area contributed by atoms with E-state index >= 15 is 0 Å². The molecule has 28 heavy (non-hydrogen) atoms. The minimum atomic E-state index is -0.875. The predicted octanol–water partition coefficient (Wildman–Crippen LogP) is 5.44. The quantitative estimate of drug-likeness (QED) is 0.722. The van der Waals surface area contributed by atoms with Gasteiger partial charge in [0, 0.05) is 12.1 Å². The number of carboxylic acid groups (broad SMARTS) is 1. The minimum absolute atomic E-state index is 0.111. The van der Waals surface area contributed by atoms with E-state index in [-0.39, 0.29) is 5.91 Å². The molecular weight excluding hydrogens is 397 g/mol. The average molecular weight is 418 g/mol. The van der Waals surface area contributed by atoms with Gasteiger partial charge in [0.1, 0.15) is 5.92 Å². The Morgan fingerprint density at radius 2 is 1.86 bits per heavy atom. The second kappa shape index (κ2) is 7.09. The molecule has 1 fully saturated rings. The fourth-order valence-corrected chi connectivity index (χ4v) is 5.19. The highest BCUT2D eigenvalue weighted by Crippen LogP contribution is 2.51. The predicted molar refractivity (Wildman–Crippen MR) is 109 cm³/mol. The van der Waals surface area contributed by atoms with E-state index in [1.807, 2.05) is 25.1 Å². The maximum absolute atomic E-state index is 13.5. The Morgan fingerprint density at radius 1 is 1.14 bits per heavy atom. The smallest absolute Gasteiger partial charge is 0.313 e. The average Bonchev–Trinajstić information content (AvgIpc) is 3.11. The van der Waals surface area contributed by atoms with Crippen molar-refractivity contribution in [2.75, 3.05) is 0 Å². The molecule has 146 valence electrons. The standard InChI is InChI=1S/C22H21Cl2NO3/c1-13-4-6-15-16(10-13)19(21(27)28)22(8-2-3-9-22)25(20(15)26)12-14-5-7-17(23)18(24)11-14/h4-7,10-11,19H,2-3,8-9,12H2,1H3,(H,27,28). The molecule has 0 aromatic heterocycles. The molecule has 1 unspecified atom stereocenters. The number of carbonyl (C=O) groups excluding carboxylic acids is 1. The first-order chi connectivity index (χ1) is 13.3. The maximum atomic E-state index is 13.5. The Morgan fingerprint density at radius 3 is 2.50 bits per heavy atom. The largest absolute Gasteiger partial charge is 0.481 e. The van der Waals surface area contributed by atoms with Gasteiger partial charge in [-0.1, -0.05) is 59.8 Å². The molecule has 1 spiro atoms. The zero-order valence-electron chi connectivity index (χ0n) is 15.5. The zero-order valence-corrected chi connectivity index (χ0v) is 17.1. The van der Waals surface area contributed by atoms with Crippen molar-refractivity contribution >= 4 is 35.1 Å². The molecule has 0 bridgehead atoms. The molecule has 2 aliphatic rings. The van der Waals surface area contributed by atoms with Crippen LogP contribution < -0.4 is 0 Å². The summed E-state index contributed by atoms with van der Waals surface area (Å²) in [6.45, 7) is 2.24. The molecule has 1 atom stereocenters. The van der Waals surface area contributed by atoms with Crippen molar-refractivity contribution in [1.29, 1.82) is 0 Å². The number of amides is 1. The van der Waals surface area contributed by atoms with Gasteiger partial charge in [0.05, 0.1) is 15.6 Å². The Balaban J connectivity index is 1.86. The van der Waals surface area contributed by atoms with Gasteiger partial charge in [0.15, 0.2) is 0 Å². The normalized spacial score (nSPS) is 20.5. The summed E-state index contributed by atoms with van der Waals surface area (Å²) in [5.74, 6) is -1.72. The fourth-order valence-electron chi connectivity index (χ4n) is 4.87. The van der Waals surface area contributed by atoms with Gasteiger partial charge in [-0.2, -0.15) is 0 Å². The number of hydrogen-bond acceptors (Lipinski definition) is 2. The number of aliphatic carboxylic acids is 1. The van der Waals surface area contributed by atoms with Crippen LogP contribution in [-0.2, 0) is 11.3 Å². The molecule has 2 aromatic rings. The third kappa shape index (κ3) is 2.99. The summed E-state index contributed by atoms with van der Waals surface area (Å²) in [6, 6.07) is 10.8. The molecule has 1 saturated carbocycles. The van der Waals surface area contributed by atoms with Crippen molar-refractivity contribution in [3.05, 3.63) is 68.7 Å². The first-order valence-electron chi connectivity index (χ1n) is 9.43. The third-order valence-electron chi connectivity index (χ3n) is 6.11. The molecule has 1 N–H and O–H groups in total. The van der Waals surface area contributed by atoms with Crippen LogP contribution in [0.15, 0.2) is 36.4 Å². The lowest BCUT2D eigenvalue weighted by Gasteiger charge is -2.49. The summed E-state index contributed by atoms with van der Waals surface area (Å²) in [5.41, 5.74) is 2.22. The van der Waals surface area contributed by atoms with Crippen molar-refractivity contribution in [2.24, 2.45) is 0 Å². The van der Waals surface area contributed by atoms with Gasteiger partial charge in [-0.25, -0.2) is 0 Å². The van der Waals surface area contributed by atoms with E-state index in [1.54, 1.807) is 23.1 Å². The van der Waals surface area contributed by atoms with Crippen LogP contribution in [0.2, 0.25) is 10.0 Å². The maximum Gasteiger partial charge on any atom is 0.313 e. The van der Waals surface area contributed by atoms with Crippen LogP contribution >= 0.6 is 23.2 Å². The van der Waals surface area contributed by atoms with Gasteiger partial charge in [-0.15, -0.1) is 0 Å². The van der Waals surface area contributed by atoms with E-state index in [0.29, 0.717) is 40.6 Å². The van der Waals surface area contributed by atoms with E-state index in [2.05, 4.69) is 0 Å². The van der Waals surface area contributed by atoms with Gasteiger partial charge in [0.25, 0.3) is 5.91 Å². The third-order valence-corrected chi connectivity index (χ3v) is 6.85. The van der Waals surface area contributed by atoms with Crippen molar-refractivity contribution in [3.63, 3.8) is 0 Å². The molecule has 4 rings (SSSR count). The molecule has 1 aliphatic carbocycles. The van der Waals surface area contributed by atoms with Crippen LogP contribution in [0.4, 0.5) is 0 Å². The van der Waals surface area contributed by atoms with Crippen LogP contribution in [-0.4, -0.2) is 27.4 Å². The van der Waals surface area contributed by atoms with Crippen molar-refractivity contribution in [2.45, 2.75) is 50.6 Å². The summed E-state index contributed by atoms with van der Waals surface area (Å²) in [4.78, 5) is 27.7. The molecule has 0 saturated heterocycles. The fraction of sp³-hybridized carbons (Fsp3) is 0.364. The summed E-state index contributed by atoms with van der Waals surface area (Å²) in [7, 11) is 0. The number of benzene rings is 2. The van der Waals surface area contributed by atoms with E-state index in [1.165, 1.54) is 0 Å². The lowest BCUT2D eigenvalue weighted by atomic mass is 9.71. The number of halogens is 2. The summed E-state index contributed by atoms with van der Waals surface area (Å²) in [5, 5.41) is 11.1. The molecular formula is C22H21Cl2NO3. The Labute approximate surface area is 174 Å². The van der Waals surface area contributed by atoms with Gasteiger partial charge in [-0.3, -0.25) is 9.59 Å². The summed E-state index contributed by atoms with van der Waals surface area (Å²) in [6.07, 6.45) is 3.20. The van der Waals surface area contributed by atoms with Gasteiger partial charge in [0.2, 0.25) is 0 Å². The van der Waals surface area contributed by atoms with Gasteiger partial charge >= 0.3 is 5.97 Å². The number of aryl methyl sites for hydroxylation is 1. The second-order valence-electron chi connectivity index (χ2n) is 7.81. The highest BCUT2D eigenvalue weighted by atomic mass is 35.5. The first kappa shape index (κ1) is 19.3. The lowest BCUT2D eigenvalue weighted by Crippen LogP contribution is -2.58. The Kier molecular flexibility index (Phi) is 4.88. The highest BCUT2D eigenvalue weighted by Gasteiger charge is 2.55. The molecule has 6 heteroatoms. The zero-order chi connectivity index (χ0) is 20.1. The topological polar surface area (TPSA) is 57.6 Å². The molecule has 2 aromatic carbocycles. The SMILES string of the molecule is Cc1ccc2c(c1)C(C(=O)O)C1(CCCC1)N(Cc1ccc(Cl)c(Cl)c1)C2=O. The number of fused-ring (bicyclic) bond motifs is 1.